The number of fused-ring (bicyclic) bond motifs is 3. The molecule has 172 valence electrons. The number of anilines is 3. The SMILES string of the molecule is Cc1ccc(-c2c3ccccc3c(C3Nc4ccccc4N3c3ccccc3)c3ccccc23)cc1. The van der Waals surface area contributed by atoms with Crippen molar-refractivity contribution in [3.63, 3.8) is 0 Å². The second-order valence-electron chi connectivity index (χ2n) is 9.52. The van der Waals surface area contributed by atoms with Gasteiger partial charge in [-0.15, -0.1) is 0 Å². The number of aryl methyl sites for hydroxylation is 1. The number of rotatable bonds is 3. The number of para-hydroxylation sites is 3. The maximum Gasteiger partial charge on any atom is 0.131 e. The molecule has 0 fully saturated rings. The van der Waals surface area contributed by atoms with Crippen molar-refractivity contribution in [2.45, 2.75) is 13.1 Å². The van der Waals surface area contributed by atoms with Crippen molar-refractivity contribution >= 4 is 38.6 Å². The Morgan fingerprint density at radius 3 is 1.78 bits per heavy atom. The van der Waals surface area contributed by atoms with Gasteiger partial charge in [-0.1, -0.05) is 109 Å². The Balaban J connectivity index is 1.56. The summed E-state index contributed by atoms with van der Waals surface area (Å²) in [6, 6.07) is 46.0. The van der Waals surface area contributed by atoms with Gasteiger partial charge in [0.2, 0.25) is 0 Å². The van der Waals surface area contributed by atoms with Gasteiger partial charge in [-0.2, -0.15) is 0 Å². The highest BCUT2D eigenvalue weighted by Gasteiger charge is 2.33. The smallest absolute Gasteiger partial charge is 0.131 e. The van der Waals surface area contributed by atoms with Crippen LogP contribution in [0.25, 0.3) is 32.7 Å². The van der Waals surface area contributed by atoms with Gasteiger partial charge < -0.3 is 10.2 Å². The van der Waals surface area contributed by atoms with Gasteiger partial charge in [-0.25, -0.2) is 0 Å². The molecule has 2 nitrogen and oxygen atoms in total. The molecule has 36 heavy (non-hydrogen) atoms. The first-order valence-corrected chi connectivity index (χ1v) is 12.5. The van der Waals surface area contributed by atoms with Crippen molar-refractivity contribution in [3.05, 3.63) is 139 Å². The number of benzene rings is 6. The van der Waals surface area contributed by atoms with Crippen LogP contribution in [0.15, 0.2) is 127 Å². The Morgan fingerprint density at radius 2 is 1.11 bits per heavy atom. The van der Waals surface area contributed by atoms with Crippen LogP contribution in [-0.2, 0) is 0 Å². The van der Waals surface area contributed by atoms with Crippen LogP contribution in [0.1, 0.15) is 17.3 Å². The molecule has 2 heteroatoms. The quantitative estimate of drug-likeness (QED) is 0.264. The summed E-state index contributed by atoms with van der Waals surface area (Å²) in [4.78, 5) is 2.44. The second kappa shape index (κ2) is 8.28. The van der Waals surface area contributed by atoms with Crippen LogP contribution in [-0.4, -0.2) is 0 Å². The normalized spacial score (nSPS) is 14.7. The Morgan fingerprint density at radius 1 is 0.556 bits per heavy atom. The zero-order valence-electron chi connectivity index (χ0n) is 20.1. The van der Waals surface area contributed by atoms with E-state index in [0.29, 0.717) is 0 Å². The van der Waals surface area contributed by atoms with Gasteiger partial charge in [0.25, 0.3) is 0 Å². The molecule has 0 saturated carbocycles. The fraction of sp³-hybridized carbons (Fsp3) is 0.0588. The summed E-state index contributed by atoms with van der Waals surface area (Å²) in [6.45, 7) is 2.14. The molecule has 0 aliphatic carbocycles. The van der Waals surface area contributed by atoms with Crippen LogP contribution in [0.3, 0.4) is 0 Å². The molecule has 0 radical (unpaired) electrons. The molecular formula is C34H26N2. The second-order valence-corrected chi connectivity index (χ2v) is 9.52. The van der Waals surface area contributed by atoms with E-state index in [-0.39, 0.29) is 6.17 Å². The van der Waals surface area contributed by atoms with Gasteiger partial charge in [-0.3, -0.25) is 0 Å². The van der Waals surface area contributed by atoms with Gasteiger partial charge in [0.15, 0.2) is 0 Å². The van der Waals surface area contributed by atoms with Gasteiger partial charge in [0.1, 0.15) is 6.17 Å². The van der Waals surface area contributed by atoms with E-state index in [1.165, 1.54) is 55.2 Å². The molecule has 7 rings (SSSR count). The summed E-state index contributed by atoms with van der Waals surface area (Å²) in [6.07, 6.45) is -0.0355. The van der Waals surface area contributed by atoms with Gasteiger partial charge in [0.05, 0.1) is 11.4 Å². The predicted octanol–water partition coefficient (Wildman–Crippen LogP) is 9.23. The van der Waals surface area contributed by atoms with Crippen LogP contribution < -0.4 is 10.2 Å². The summed E-state index contributed by atoms with van der Waals surface area (Å²) in [5, 5.41) is 8.99. The zero-order valence-corrected chi connectivity index (χ0v) is 20.1. The van der Waals surface area contributed by atoms with E-state index in [0.717, 1.165) is 5.69 Å². The van der Waals surface area contributed by atoms with Crippen molar-refractivity contribution < 1.29 is 0 Å². The molecular weight excluding hydrogens is 436 g/mol. The first-order valence-electron chi connectivity index (χ1n) is 12.5. The fourth-order valence-electron chi connectivity index (χ4n) is 5.72. The van der Waals surface area contributed by atoms with E-state index in [1.54, 1.807) is 0 Å². The molecule has 0 amide bonds. The van der Waals surface area contributed by atoms with Crippen molar-refractivity contribution in [1.82, 2.24) is 0 Å². The third-order valence-electron chi connectivity index (χ3n) is 7.34. The van der Waals surface area contributed by atoms with Gasteiger partial charge in [0, 0.05) is 11.3 Å². The van der Waals surface area contributed by atoms with Crippen LogP contribution in [0.4, 0.5) is 17.1 Å². The number of nitrogens with one attached hydrogen (secondary N) is 1. The Labute approximate surface area is 211 Å². The largest absolute Gasteiger partial charge is 0.359 e. The van der Waals surface area contributed by atoms with Crippen molar-refractivity contribution in [1.29, 1.82) is 0 Å². The Kier molecular flexibility index (Phi) is 4.78. The molecule has 1 unspecified atom stereocenters. The van der Waals surface area contributed by atoms with Gasteiger partial charge >= 0.3 is 0 Å². The van der Waals surface area contributed by atoms with E-state index in [2.05, 4.69) is 145 Å². The average Bonchev–Trinajstić information content (AvgIpc) is 3.32. The molecule has 1 heterocycles. The van der Waals surface area contributed by atoms with Crippen LogP contribution in [0.2, 0.25) is 0 Å². The Bertz CT molecular complexity index is 1660. The fourth-order valence-corrected chi connectivity index (χ4v) is 5.72. The molecule has 1 aliphatic heterocycles. The molecule has 1 atom stereocenters. The van der Waals surface area contributed by atoms with Crippen LogP contribution in [0, 0.1) is 6.92 Å². The van der Waals surface area contributed by atoms with E-state index in [9.17, 15) is 0 Å². The van der Waals surface area contributed by atoms with Crippen LogP contribution in [0.5, 0.6) is 0 Å². The number of hydrogen-bond acceptors (Lipinski definition) is 2. The lowest BCUT2D eigenvalue weighted by Gasteiger charge is -2.30. The van der Waals surface area contributed by atoms with E-state index < -0.39 is 0 Å². The van der Waals surface area contributed by atoms with Gasteiger partial charge in [-0.05, 0) is 63.9 Å². The molecule has 1 aliphatic rings. The van der Waals surface area contributed by atoms with Crippen molar-refractivity contribution in [2.24, 2.45) is 0 Å². The highest BCUT2D eigenvalue weighted by atomic mass is 15.3. The van der Waals surface area contributed by atoms with E-state index >= 15 is 0 Å². The summed E-state index contributed by atoms with van der Waals surface area (Å²) >= 11 is 0. The topological polar surface area (TPSA) is 15.3 Å². The minimum Gasteiger partial charge on any atom is -0.359 e. The minimum absolute atomic E-state index is 0.0355. The summed E-state index contributed by atoms with van der Waals surface area (Å²) in [5.74, 6) is 0. The first-order chi connectivity index (χ1) is 17.8. The lowest BCUT2D eigenvalue weighted by Crippen LogP contribution is -2.24. The van der Waals surface area contributed by atoms with Crippen LogP contribution >= 0.6 is 0 Å². The lowest BCUT2D eigenvalue weighted by molar-refractivity contribution is 0.843. The molecule has 1 N–H and O–H groups in total. The highest BCUT2D eigenvalue weighted by Crippen LogP contribution is 2.50. The van der Waals surface area contributed by atoms with E-state index in [4.69, 9.17) is 0 Å². The maximum absolute atomic E-state index is 3.88. The summed E-state index contributed by atoms with van der Waals surface area (Å²) < 4.78 is 0. The third kappa shape index (κ3) is 3.19. The molecule has 0 bridgehead atoms. The van der Waals surface area contributed by atoms with E-state index in [1.807, 2.05) is 0 Å². The number of hydrogen-bond donors (Lipinski definition) is 1. The van der Waals surface area contributed by atoms with Crippen molar-refractivity contribution in [3.8, 4) is 11.1 Å². The summed E-state index contributed by atoms with van der Waals surface area (Å²) in [5.41, 5.74) is 8.66. The molecule has 6 aromatic rings. The van der Waals surface area contributed by atoms with Crippen molar-refractivity contribution in [2.75, 3.05) is 10.2 Å². The predicted molar refractivity (Wildman–Crippen MR) is 153 cm³/mol. The first kappa shape index (κ1) is 20.8. The average molecular weight is 463 g/mol. The molecule has 0 spiro atoms. The summed E-state index contributed by atoms with van der Waals surface area (Å²) in [7, 11) is 0. The lowest BCUT2D eigenvalue weighted by atomic mass is 9.87. The highest BCUT2D eigenvalue weighted by molar-refractivity contribution is 6.15. The third-order valence-corrected chi connectivity index (χ3v) is 7.34. The zero-order chi connectivity index (χ0) is 24.1. The molecule has 0 aromatic heterocycles. The maximum atomic E-state index is 3.88. The minimum atomic E-state index is -0.0355. The Hall–Kier alpha value is -4.56. The molecule has 6 aromatic carbocycles. The standard InChI is InChI=1S/C34H26N2/c1-23-19-21-24(22-20-23)32-26-13-5-7-15-28(26)33(29-16-8-6-14-27(29)32)34-35-30-17-9-10-18-31(30)36(34)25-11-3-2-4-12-25/h2-22,34-35H,1H3. The number of nitrogens with zero attached hydrogens (tertiary/aromatic N) is 1. The molecule has 0 saturated heterocycles. The monoisotopic (exact) mass is 462 g/mol.